The first kappa shape index (κ1) is 15.1. The number of likely N-dealkylation sites (N-methyl/N-ethyl adjacent to an activating group) is 1. The van der Waals surface area contributed by atoms with Crippen LogP contribution in [-0.2, 0) is 11.3 Å². The molecule has 1 amide bonds. The normalized spacial score (nSPS) is 11.8. The fourth-order valence-electron chi connectivity index (χ4n) is 2.22. The van der Waals surface area contributed by atoms with Crippen LogP contribution in [0.15, 0.2) is 54.6 Å². The van der Waals surface area contributed by atoms with Crippen molar-refractivity contribution in [3.8, 4) is 0 Å². The molecule has 0 aliphatic carbocycles. The molecule has 2 aromatic carbocycles. The summed E-state index contributed by atoms with van der Waals surface area (Å²) in [6, 6.07) is 16.8. The quantitative estimate of drug-likeness (QED) is 0.886. The lowest BCUT2D eigenvalue weighted by Gasteiger charge is -2.22. The minimum Gasteiger partial charge on any atom is -0.388 e. The highest BCUT2D eigenvalue weighted by Crippen LogP contribution is 2.19. The minimum absolute atomic E-state index is 0.313. The van der Waals surface area contributed by atoms with Gasteiger partial charge in [0.2, 0.25) is 0 Å². The molecule has 0 aliphatic heterocycles. The second-order valence-electron chi connectivity index (χ2n) is 4.91. The summed E-state index contributed by atoms with van der Waals surface area (Å²) in [5.74, 6) is -0.313. The van der Waals surface area contributed by atoms with E-state index in [1.165, 1.54) is 4.90 Å². The summed E-state index contributed by atoms with van der Waals surface area (Å²) >= 11 is 0. The van der Waals surface area contributed by atoms with Gasteiger partial charge < -0.3 is 15.3 Å². The van der Waals surface area contributed by atoms with E-state index in [1.54, 1.807) is 19.2 Å². The molecule has 0 saturated heterocycles. The van der Waals surface area contributed by atoms with E-state index in [2.05, 4.69) is 5.32 Å². The number of carbonyl (C=O) groups is 1. The van der Waals surface area contributed by atoms with Crippen LogP contribution in [0.2, 0.25) is 0 Å². The van der Waals surface area contributed by atoms with Crippen molar-refractivity contribution < 1.29 is 9.90 Å². The predicted octanol–water partition coefficient (Wildman–Crippen LogP) is 2.42. The Morgan fingerprint density at radius 3 is 2.43 bits per heavy atom. The molecular weight excluding hydrogens is 264 g/mol. The number of hydrogen-bond donors (Lipinski definition) is 2. The van der Waals surface area contributed by atoms with E-state index in [4.69, 9.17) is 0 Å². The van der Waals surface area contributed by atoms with Crippen LogP contribution in [0.1, 0.15) is 17.2 Å². The largest absolute Gasteiger partial charge is 0.388 e. The van der Waals surface area contributed by atoms with Gasteiger partial charge >= 0.3 is 0 Å². The number of rotatable bonds is 5. The first-order valence-electron chi connectivity index (χ1n) is 6.87. The number of para-hydroxylation sites is 1. The Bertz CT molecular complexity index is 599. The molecule has 4 heteroatoms. The lowest BCUT2D eigenvalue weighted by molar-refractivity contribution is -0.139. The third kappa shape index (κ3) is 3.61. The molecule has 1 atom stereocenters. The minimum atomic E-state index is -1.13. The van der Waals surface area contributed by atoms with Gasteiger partial charge in [-0.2, -0.15) is 0 Å². The summed E-state index contributed by atoms with van der Waals surface area (Å²) in [7, 11) is 3.54. The first-order valence-corrected chi connectivity index (χ1v) is 6.87. The fourth-order valence-corrected chi connectivity index (χ4v) is 2.22. The number of nitrogens with one attached hydrogen (secondary N) is 1. The van der Waals surface area contributed by atoms with E-state index in [-0.39, 0.29) is 5.91 Å². The van der Waals surface area contributed by atoms with Crippen LogP contribution < -0.4 is 5.32 Å². The van der Waals surface area contributed by atoms with Crippen LogP contribution in [-0.4, -0.2) is 30.0 Å². The van der Waals surface area contributed by atoms with E-state index < -0.39 is 6.10 Å². The zero-order valence-electron chi connectivity index (χ0n) is 12.3. The highest BCUT2D eigenvalue weighted by molar-refractivity contribution is 5.82. The Balaban J connectivity index is 2.09. The summed E-state index contributed by atoms with van der Waals surface area (Å²) in [4.78, 5) is 13.8. The van der Waals surface area contributed by atoms with Gasteiger partial charge in [0.15, 0.2) is 6.10 Å². The number of hydrogen-bond acceptors (Lipinski definition) is 3. The van der Waals surface area contributed by atoms with E-state index >= 15 is 0 Å². The number of aliphatic hydroxyl groups excluding tert-OH is 1. The highest BCUT2D eigenvalue weighted by atomic mass is 16.3. The monoisotopic (exact) mass is 284 g/mol. The van der Waals surface area contributed by atoms with Gasteiger partial charge in [0.1, 0.15) is 0 Å². The van der Waals surface area contributed by atoms with Gasteiger partial charge in [-0.05, 0) is 17.2 Å². The standard InChI is InChI=1S/C17H20N2O2/c1-18-15-11-7-6-10-14(15)12-19(2)17(21)16(20)13-8-4-3-5-9-13/h3-11,16,18,20H,12H2,1-2H3. The molecule has 2 aromatic rings. The van der Waals surface area contributed by atoms with Gasteiger partial charge in [0, 0.05) is 26.3 Å². The van der Waals surface area contributed by atoms with Gasteiger partial charge in [-0.1, -0.05) is 48.5 Å². The molecule has 4 nitrogen and oxygen atoms in total. The number of amides is 1. The van der Waals surface area contributed by atoms with Crippen LogP contribution in [0.5, 0.6) is 0 Å². The molecule has 2 rings (SSSR count). The summed E-state index contributed by atoms with van der Waals surface area (Å²) in [6.45, 7) is 0.444. The Morgan fingerprint density at radius 2 is 1.76 bits per heavy atom. The average Bonchev–Trinajstić information content (AvgIpc) is 2.54. The molecule has 21 heavy (non-hydrogen) atoms. The smallest absolute Gasteiger partial charge is 0.256 e. The lowest BCUT2D eigenvalue weighted by Crippen LogP contribution is -2.31. The highest BCUT2D eigenvalue weighted by Gasteiger charge is 2.21. The number of benzene rings is 2. The van der Waals surface area contributed by atoms with Crippen molar-refractivity contribution in [3.63, 3.8) is 0 Å². The van der Waals surface area contributed by atoms with Crippen LogP contribution in [0.3, 0.4) is 0 Å². The second-order valence-corrected chi connectivity index (χ2v) is 4.91. The number of nitrogens with zero attached hydrogens (tertiary/aromatic N) is 1. The molecular formula is C17H20N2O2. The molecule has 0 radical (unpaired) electrons. The van der Waals surface area contributed by atoms with Crippen molar-refractivity contribution >= 4 is 11.6 Å². The summed E-state index contributed by atoms with van der Waals surface area (Å²) < 4.78 is 0. The van der Waals surface area contributed by atoms with Crippen LogP contribution in [0.25, 0.3) is 0 Å². The molecule has 2 N–H and O–H groups in total. The number of carbonyl (C=O) groups excluding carboxylic acids is 1. The van der Waals surface area contributed by atoms with Crippen LogP contribution >= 0.6 is 0 Å². The van der Waals surface area contributed by atoms with Gasteiger partial charge in [-0.15, -0.1) is 0 Å². The maximum atomic E-state index is 12.3. The lowest BCUT2D eigenvalue weighted by atomic mass is 10.1. The fraction of sp³-hybridized carbons (Fsp3) is 0.235. The van der Waals surface area contributed by atoms with Crippen LogP contribution in [0.4, 0.5) is 5.69 Å². The second kappa shape index (κ2) is 6.90. The van der Waals surface area contributed by atoms with Crippen molar-refractivity contribution in [2.24, 2.45) is 0 Å². The Hall–Kier alpha value is -2.33. The molecule has 0 aliphatic rings. The summed E-state index contributed by atoms with van der Waals surface area (Å²) in [5.41, 5.74) is 2.60. The molecule has 0 fully saturated rings. The third-order valence-electron chi connectivity index (χ3n) is 3.42. The summed E-state index contributed by atoms with van der Waals surface area (Å²) in [5, 5.41) is 13.3. The number of anilines is 1. The molecule has 0 heterocycles. The number of aliphatic hydroxyl groups is 1. The maximum Gasteiger partial charge on any atom is 0.256 e. The van der Waals surface area contributed by atoms with Crippen molar-refractivity contribution in [1.29, 1.82) is 0 Å². The molecule has 0 spiro atoms. The van der Waals surface area contributed by atoms with Gasteiger partial charge in [0.25, 0.3) is 5.91 Å². The first-order chi connectivity index (χ1) is 10.1. The van der Waals surface area contributed by atoms with E-state index in [0.717, 1.165) is 11.3 Å². The molecule has 0 saturated carbocycles. The zero-order valence-corrected chi connectivity index (χ0v) is 12.3. The van der Waals surface area contributed by atoms with Crippen molar-refractivity contribution in [2.75, 3.05) is 19.4 Å². The van der Waals surface area contributed by atoms with Gasteiger partial charge in [0.05, 0.1) is 0 Å². The summed E-state index contributed by atoms with van der Waals surface area (Å²) in [6.07, 6.45) is -1.13. The van der Waals surface area contributed by atoms with E-state index in [9.17, 15) is 9.90 Å². The maximum absolute atomic E-state index is 12.3. The Morgan fingerprint density at radius 1 is 1.14 bits per heavy atom. The predicted molar refractivity (Wildman–Crippen MR) is 83.9 cm³/mol. The molecule has 1 unspecified atom stereocenters. The van der Waals surface area contributed by atoms with Crippen molar-refractivity contribution in [1.82, 2.24) is 4.90 Å². The van der Waals surface area contributed by atoms with Gasteiger partial charge in [-0.3, -0.25) is 4.79 Å². The SMILES string of the molecule is CNc1ccccc1CN(C)C(=O)C(O)c1ccccc1. The Labute approximate surface area is 125 Å². The zero-order chi connectivity index (χ0) is 15.2. The van der Waals surface area contributed by atoms with Crippen molar-refractivity contribution in [3.05, 3.63) is 65.7 Å². The third-order valence-corrected chi connectivity index (χ3v) is 3.42. The Kier molecular flexibility index (Phi) is 4.95. The van der Waals surface area contributed by atoms with Gasteiger partial charge in [-0.25, -0.2) is 0 Å². The molecule has 0 bridgehead atoms. The molecule has 110 valence electrons. The molecule has 0 aromatic heterocycles. The average molecular weight is 284 g/mol. The van der Waals surface area contributed by atoms with Crippen LogP contribution in [0, 0.1) is 0 Å². The topological polar surface area (TPSA) is 52.6 Å². The van der Waals surface area contributed by atoms with Crippen molar-refractivity contribution in [2.45, 2.75) is 12.6 Å². The van der Waals surface area contributed by atoms with E-state index in [1.807, 2.05) is 49.5 Å². The van der Waals surface area contributed by atoms with E-state index in [0.29, 0.717) is 12.1 Å².